The van der Waals surface area contributed by atoms with E-state index in [-0.39, 0.29) is 19.3 Å². The number of carbonyl (C=O) groups excluding carboxylic acids is 4. The monoisotopic (exact) mass is 639 g/mol. The van der Waals surface area contributed by atoms with E-state index in [4.69, 9.17) is 10.5 Å². The maximum atomic E-state index is 13.6. The van der Waals surface area contributed by atoms with Gasteiger partial charge < -0.3 is 42.0 Å². The Labute approximate surface area is 261 Å². The van der Waals surface area contributed by atoms with Crippen LogP contribution in [0.2, 0.25) is 0 Å². The second-order valence-corrected chi connectivity index (χ2v) is 12.1. The van der Waals surface area contributed by atoms with E-state index in [2.05, 4.69) is 21.3 Å². The van der Waals surface area contributed by atoms with E-state index in [0.717, 1.165) is 0 Å². The number of thioether (sulfide) groups is 1. The van der Waals surface area contributed by atoms with Gasteiger partial charge in [-0.25, -0.2) is 9.59 Å². The van der Waals surface area contributed by atoms with Crippen molar-refractivity contribution >= 4 is 47.5 Å². The molecule has 246 valence electrons. The van der Waals surface area contributed by atoms with Gasteiger partial charge in [-0.05, 0) is 70.6 Å². The predicted molar refractivity (Wildman–Crippen MR) is 165 cm³/mol. The Kier molecular flexibility index (Phi) is 16.9. The number of aliphatic carboxylic acids is 2. The molecule has 0 saturated heterocycles. The summed E-state index contributed by atoms with van der Waals surface area (Å²) in [5, 5.41) is 28.8. The van der Waals surface area contributed by atoms with Gasteiger partial charge in [0.25, 0.3) is 0 Å². The number of rotatable bonds is 19. The van der Waals surface area contributed by atoms with E-state index in [1.807, 2.05) is 6.26 Å². The highest BCUT2D eigenvalue weighted by Crippen LogP contribution is 2.10. The molecule has 0 unspecified atom stereocenters. The Hall–Kier alpha value is -3.85. The molecular formula is C29H45N5O9S. The lowest BCUT2D eigenvalue weighted by Gasteiger charge is -2.26. The van der Waals surface area contributed by atoms with E-state index < -0.39 is 71.9 Å². The van der Waals surface area contributed by atoms with Crippen molar-refractivity contribution in [1.29, 1.82) is 0 Å². The maximum absolute atomic E-state index is 13.6. The quantitative estimate of drug-likeness (QED) is 0.106. The molecule has 1 rings (SSSR count). The first kappa shape index (κ1) is 38.2. The Balaban J connectivity index is 3.22. The lowest BCUT2D eigenvalue weighted by atomic mass is 10.0. The van der Waals surface area contributed by atoms with E-state index in [1.54, 1.807) is 51.1 Å². The highest BCUT2D eigenvalue weighted by atomic mass is 32.2. The Morgan fingerprint density at radius 1 is 0.818 bits per heavy atom. The van der Waals surface area contributed by atoms with Gasteiger partial charge in [-0.1, -0.05) is 30.3 Å². The second kappa shape index (κ2) is 19.4. The molecule has 0 aliphatic carbocycles. The van der Waals surface area contributed by atoms with Gasteiger partial charge in [-0.15, -0.1) is 0 Å². The molecule has 4 atom stereocenters. The molecule has 0 aliphatic heterocycles. The zero-order valence-corrected chi connectivity index (χ0v) is 26.4. The Morgan fingerprint density at radius 2 is 1.39 bits per heavy atom. The van der Waals surface area contributed by atoms with Gasteiger partial charge in [-0.2, -0.15) is 11.8 Å². The summed E-state index contributed by atoms with van der Waals surface area (Å²) < 4.78 is 5.15. The van der Waals surface area contributed by atoms with Crippen molar-refractivity contribution in [3.05, 3.63) is 35.9 Å². The van der Waals surface area contributed by atoms with Crippen LogP contribution in [0, 0.1) is 0 Å². The third-order valence-electron chi connectivity index (χ3n) is 6.11. The molecule has 14 nitrogen and oxygen atoms in total. The summed E-state index contributed by atoms with van der Waals surface area (Å²) >= 11 is 1.42. The number of nitrogens with two attached hydrogens (primary N) is 1. The second-order valence-electron chi connectivity index (χ2n) is 11.1. The zero-order valence-electron chi connectivity index (χ0n) is 25.6. The van der Waals surface area contributed by atoms with Gasteiger partial charge in [0.1, 0.15) is 29.8 Å². The number of carboxylic acids is 2. The molecule has 8 N–H and O–H groups in total. The van der Waals surface area contributed by atoms with Gasteiger partial charge in [0, 0.05) is 6.42 Å². The van der Waals surface area contributed by atoms with Gasteiger partial charge in [-0.3, -0.25) is 19.2 Å². The van der Waals surface area contributed by atoms with Crippen LogP contribution < -0.4 is 27.0 Å². The molecule has 1 aromatic carbocycles. The molecule has 4 amide bonds. The van der Waals surface area contributed by atoms with Crippen molar-refractivity contribution < 1.29 is 43.7 Å². The summed E-state index contributed by atoms with van der Waals surface area (Å²) in [5.74, 6) is -4.55. The van der Waals surface area contributed by atoms with Crippen molar-refractivity contribution in [2.24, 2.45) is 5.73 Å². The zero-order chi connectivity index (χ0) is 33.3. The van der Waals surface area contributed by atoms with Crippen LogP contribution in [-0.2, 0) is 35.1 Å². The molecule has 0 fully saturated rings. The normalized spacial score (nSPS) is 13.8. The third kappa shape index (κ3) is 15.6. The number of benzene rings is 1. The van der Waals surface area contributed by atoms with Gasteiger partial charge in [0.05, 0.1) is 6.42 Å². The lowest BCUT2D eigenvalue weighted by Crippen LogP contribution is -2.58. The minimum absolute atomic E-state index is 0.0294. The summed E-state index contributed by atoms with van der Waals surface area (Å²) in [4.78, 5) is 75.5. The maximum Gasteiger partial charge on any atom is 0.408 e. The van der Waals surface area contributed by atoms with Gasteiger partial charge in [0.2, 0.25) is 17.7 Å². The smallest absolute Gasteiger partial charge is 0.408 e. The molecule has 0 aliphatic rings. The van der Waals surface area contributed by atoms with Crippen LogP contribution in [0.3, 0.4) is 0 Å². The summed E-state index contributed by atoms with van der Waals surface area (Å²) in [6.45, 7) is 5.17. The number of hydrogen-bond donors (Lipinski definition) is 7. The first-order chi connectivity index (χ1) is 20.7. The van der Waals surface area contributed by atoms with Crippen molar-refractivity contribution in [2.45, 2.75) is 89.1 Å². The SMILES string of the molecule is CSCC[C@H](NC(=O)[C@H](Cc1ccccc1)NC(=O)[C@@H](CC(=O)O)NC(=O)OC(C)(C)C)C(=O)N[C@@H](CCCCN)C(=O)O. The Bertz CT molecular complexity index is 1110. The number of unbranched alkanes of at least 4 members (excludes halogenated alkanes) is 1. The molecule has 15 heteroatoms. The molecular weight excluding hydrogens is 594 g/mol. The van der Waals surface area contributed by atoms with Crippen LogP contribution in [-0.4, -0.2) is 94.3 Å². The number of ether oxygens (including phenoxy) is 1. The largest absolute Gasteiger partial charge is 0.481 e. The van der Waals surface area contributed by atoms with E-state index in [1.165, 1.54) is 11.8 Å². The number of nitrogens with one attached hydrogen (secondary N) is 4. The molecule has 0 spiro atoms. The molecule has 0 saturated carbocycles. The number of alkyl carbamates (subject to hydrolysis) is 1. The van der Waals surface area contributed by atoms with Crippen molar-refractivity contribution in [1.82, 2.24) is 21.3 Å². The average molecular weight is 640 g/mol. The van der Waals surface area contributed by atoms with Gasteiger partial charge >= 0.3 is 18.0 Å². The summed E-state index contributed by atoms with van der Waals surface area (Å²) in [6.07, 6.45) is 1.36. The Morgan fingerprint density at radius 3 is 1.93 bits per heavy atom. The average Bonchev–Trinajstić information content (AvgIpc) is 2.93. The number of hydrogen-bond acceptors (Lipinski definition) is 9. The fourth-order valence-corrected chi connectivity index (χ4v) is 4.44. The van der Waals surface area contributed by atoms with Crippen LogP contribution in [0.4, 0.5) is 4.79 Å². The molecule has 0 bridgehead atoms. The summed E-state index contributed by atoms with van der Waals surface area (Å²) in [6, 6.07) is 3.49. The minimum atomic E-state index is -1.58. The fraction of sp³-hybridized carbons (Fsp3) is 0.586. The van der Waals surface area contributed by atoms with Crippen LogP contribution in [0.15, 0.2) is 30.3 Å². The van der Waals surface area contributed by atoms with Crippen LogP contribution >= 0.6 is 11.8 Å². The topological polar surface area (TPSA) is 226 Å². The van der Waals surface area contributed by atoms with E-state index >= 15 is 0 Å². The fourth-order valence-electron chi connectivity index (χ4n) is 3.96. The van der Waals surface area contributed by atoms with Crippen molar-refractivity contribution in [3.63, 3.8) is 0 Å². The van der Waals surface area contributed by atoms with E-state index in [0.29, 0.717) is 30.7 Å². The third-order valence-corrected chi connectivity index (χ3v) is 6.75. The highest BCUT2D eigenvalue weighted by Gasteiger charge is 2.32. The van der Waals surface area contributed by atoms with Crippen LogP contribution in [0.25, 0.3) is 0 Å². The molecule has 1 aromatic rings. The van der Waals surface area contributed by atoms with Crippen LogP contribution in [0.1, 0.15) is 58.4 Å². The summed E-state index contributed by atoms with van der Waals surface area (Å²) in [5.41, 5.74) is 5.22. The molecule has 0 heterocycles. The van der Waals surface area contributed by atoms with Crippen molar-refractivity contribution in [2.75, 3.05) is 18.6 Å². The van der Waals surface area contributed by atoms with Crippen LogP contribution in [0.5, 0.6) is 0 Å². The van der Waals surface area contributed by atoms with Gasteiger partial charge in [0.15, 0.2) is 0 Å². The van der Waals surface area contributed by atoms with Crippen molar-refractivity contribution in [3.8, 4) is 0 Å². The molecule has 44 heavy (non-hydrogen) atoms. The highest BCUT2D eigenvalue weighted by molar-refractivity contribution is 7.98. The molecule has 0 radical (unpaired) electrons. The minimum Gasteiger partial charge on any atom is -0.481 e. The van der Waals surface area contributed by atoms with E-state index in [9.17, 15) is 39.0 Å². The molecule has 0 aromatic heterocycles. The number of amides is 4. The predicted octanol–water partition coefficient (Wildman–Crippen LogP) is 1.02. The summed E-state index contributed by atoms with van der Waals surface area (Å²) in [7, 11) is 0. The first-order valence-electron chi connectivity index (χ1n) is 14.2. The number of carbonyl (C=O) groups is 6. The number of carboxylic acid groups (broad SMARTS) is 2. The lowest BCUT2D eigenvalue weighted by molar-refractivity contribution is -0.142. The standard InChI is InChI=1S/C29H45N5O9S/c1-29(2,3)43-28(42)34-22(17-23(35)36)26(39)33-21(16-18-10-6-5-7-11-18)25(38)31-19(13-15-44-4)24(37)32-20(27(40)41)12-8-9-14-30/h5-7,10-11,19-22H,8-9,12-17,30H2,1-4H3,(H,31,38)(H,32,37)(H,33,39)(H,34,42)(H,35,36)(H,40,41)/t19-,20-,21-,22+/m0/s1. The first-order valence-corrected chi connectivity index (χ1v) is 15.6.